The molecule has 1 heterocycles. The first-order valence-corrected chi connectivity index (χ1v) is 8.69. The first-order chi connectivity index (χ1) is 12.7. The third-order valence-electron chi connectivity index (χ3n) is 4.14. The zero-order chi connectivity index (χ0) is 18.1. The number of para-hydroxylation sites is 1. The van der Waals surface area contributed by atoms with Gasteiger partial charge in [-0.3, -0.25) is 9.69 Å². The summed E-state index contributed by atoms with van der Waals surface area (Å²) < 4.78 is 0. The Kier molecular flexibility index (Phi) is 3.93. The first kappa shape index (κ1) is 16.0. The van der Waals surface area contributed by atoms with Crippen molar-refractivity contribution >= 4 is 29.0 Å². The largest absolute Gasteiger partial charge is 0.276 e. The molecular weight excluding hydrogens is 342 g/mol. The molecule has 1 aliphatic heterocycles. The second kappa shape index (κ2) is 6.40. The van der Waals surface area contributed by atoms with E-state index >= 15 is 0 Å². The Bertz CT molecular complexity index is 1110. The van der Waals surface area contributed by atoms with Gasteiger partial charge < -0.3 is 0 Å². The number of hydrogen-bond acceptors (Lipinski definition) is 4. The fourth-order valence-electron chi connectivity index (χ4n) is 2.92. The van der Waals surface area contributed by atoms with E-state index in [1.54, 1.807) is 23.1 Å². The molecule has 0 radical (unpaired) electrons. The Balaban J connectivity index is 2.04. The molecule has 4 nitrogen and oxygen atoms in total. The maximum Gasteiger partial charge on any atom is 0.264 e. The van der Waals surface area contributed by atoms with E-state index in [-0.39, 0.29) is 11.5 Å². The highest BCUT2D eigenvalue weighted by Crippen LogP contribution is 2.45. The molecule has 122 valence electrons. The molecule has 0 spiro atoms. The highest BCUT2D eigenvalue weighted by molar-refractivity contribution is 7.99. The lowest BCUT2D eigenvalue weighted by molar-refractivity contribution is 0.0996. The summed E-state index contributed by atoms with van der Waals surface area (Å²) in [5, 5.41) is 18.8. The summed E-state index contributed by atoms with van der Waals surface area (Å²) in [6.45, 7) is 0. The van der Waals surface area contributed by atoms with Crippen LogP contribution in [0.15, 0.2) is 76.5 Å². The van der Waals surface area contributed by atoms with Gasteiger partial charge in [-0.15, -0.1) is 0 Å². The van der Waals surface area contributed by atoms with Gasteiger partial charge in [0.2, 0.25) is 0 Å². The lowest BCUT2D eigenvalue weighted by Gasteiger charge is -2.23. The van der Waals surface area contributed by atoms with Crippen molar-refractivity contribution in [2.75, 3.05) is 4.90 Å². The minimum atomic E-state index is -0.161. The summed E-state index contributed by atoms with van der Waals surface area (Å²) in [6, 6.07) is 24.1. The molecule has 1 amide bonds. The number of fused-ring (bicyclic) bond motifs is 2. The maximum atomic E-state index is 13.3. The Morgan fingerprint density at radius 2 is 1.46 bits per heavy atom. The molecule has 3 aromatic carbocycles. The molecule has 26 heavy (non-hydrogen) atoms. The van der Waals surface area contributed by atoms with Crippen molar-refractivity contribution in [1.82, 2.24) is 0 Å². The van der Waals surface area contributed by atoms with E-state index in [1.165, 1.54) is 11.8 Å². The average molecular weight is 353 g/mol. The van der Waals surface area contributed by atoms with Crippen molar-refractivity contribution in [2.24, 2.45) is 0 Å². The Morgan fingerprint density at radius 1 is 0.808 bits per heavy atom. The number of amides is 1. The van der Waals surface area contributed by atoms with Gasteiger partial charge in [0.1, 0.15) is 12.1 Å². The van der Waals surface area contributed by atoms with Crippen LogP contribution in [0.25, 0.3) is 0 Å². The molecule has 0 unspecified atom stereocenters. The number of benzene rings is 3. The first-order valence-electron chi connectivity index (χ1n) is 7.87. The van der Waals surface area contributed by atoms with Gasteiger partial charge in [0.25, 0.3) is 5.91 Å². The van der Waals surface area contributed by atoms with Crippen LogP contribution in [0.2, 0.25) is 0 Å². The summed E-state index contributed by atoms with van der Waals surface area (Å²) in [6.07, 6.45) is 0. The lowest BCUT2D eigenvalue weighted by Crippen LogP contribution is -2.25. The third kappa shape index (κ3) is 2.52. The molecule has 1 aliphatic rings. The zero-order valence-electron chi connectivity index (χ0n) is 13.5. The van der Waals surface area contributed by atoms with Crippen LogP contribution in [0, 0.1) is 22.7 Å². The minimum absolute atomic E-state index is 0.161. The van der Waals surface area contributed by atoms with Gasteiger partial charge in [-0.05, 0) is 36.4 Å². The molecule has 4 rings (SSSR count). The average Bonchev–Trinajstić information content (AvgIpc) is 2.81. The van der Waals surface area contributed by atoms with E-state index in [4.69, 9.17) is 0 Å². The number of nitriles is 2. The molecule has 3 aromatic rings. The van der Waals surface area contributed by atoms with Gasteiger partial charge in [0.15, 0.2) is 0 Å². The zero-order valence-corrected chi connectivity index (χ0v) is 14.3. The number of hydrogen-bond donors (Lipinski definition) is 0. The van der Waals surface area contributed by atoms with Crippen molar-refractivity contribution < 1.29 is 4.79 Å². The van der Waals surface area contributed by atoms with Gasteiger partial charge in [-0.25, -0.2) is 0 Å². The Labute approximate surface area is 154 Å². The van der Waals surface area contributed by atoms with Crippen LogP contribution in [0.1, 0.15) is 21.5 Å². The van der Waals surface area contributed by atoms with Gasteiger partial charge in [-0.1, -0.05) is 42.1 Å². The van der Waals surface area contributed by atoms with Gasteiger partial charge in [0.05, 0.1) is 22.4 Å². The molecule has 0 fully saturated rings. The molecular formula is C21H11N3OS. The standard InChI is InChI=1S/C21H11N3OS/c22-12-14-10-18-20(11-15(14)13-23)26-19-9-5-4-8-17(19)21(25)24(18)16-6-2-1-3-7-16/h1-11H. The maximum absolute atomic E-state index is 13.3. The molecule has 5 heteroatoms. The van der Waals surface area contributed by atoms with Gasteiger partial charge in [0, 0.05) is 15.5 Å². The Hall–Kier alpha value is -3.54. The van der Waals surface area contributed by atoms with E-state index in [9.17, 15) is 15.3 Å². The smallest absolute Gasteiger partial charge is 0.264 e. The van der Waals surface area contributed by atoms with Gasteiger partial charge >= 0.3 is 0 Å². The van der Waals surface area contributed by atoms with Crippen LogP contribution < -0.4 is 4.90 Å². The van der Waals surface area contributed by atoms with Crippen LogP contribution >= 0.6 is 11.8 Å². The Morgan fingerprint density at radius 3 is 2.19 bits per heavy atom. The number of rotatable bonds is 1. The van der Waals surface area contributed by atoms with Crippen molar-refractivity contribution in [3.63, 3.8) is 0 Å². The van der Waals surface area contributed by atoms with Crippen molar-refractivity contribution in [1.29, 1.82) is 10.5 Å². The van der Waals surface area contributed by atoms with Crippen LogP contribution in [0.5, 0.6) is 0 Å². The second-order valence-corrected chi connectivity index (χ2v) is 6.75. The highest BCUT2D eigenvalue weighted by Gasteiger charge is 2.29. The van der Waals surface area contributed by atoms with Crippen molar-refractivity contribution in [3.8, 4) is 12.1 Å². The molecule has 0 aromatic heterocycles. The normalized spacial score (nSPS) is 12.4. The van der Waals surface area contributed by atoms with Crippen LogP contribution in [0.4, 0.5) is 11.4 Å². The van der Waals surface area contributed by atoms with Crippen LogP contribution in [-0.4, -0.2) is 5.91 Å². The quantitative estimate of drug-likeness (QED) is 0.626. The molecule has 0 atom stereocenters. The summed E-state index contributed by atoms with van der Waals surface area (Å²) >= 11 is 1.43. The highest BCUT2D eigenvalue weighted by atomic mass is 32.2. The van der Waals surface area contributed by atoms with Gasteiger partial charge in [-0.2, -0.15) is 10.5 Å². The minimum Gasteiger partial charge on any atom is -0.276 e. The summed E-state index contributed by atoms with van der Waals surface area (Å²) in [4.78, 5) is 16.5. The second-order valence-electron chi connectivity index (χ2n) is 5.66. The topological polar surface area (TPSA) is 67.9 Å². The number of nitrogens with zero attached hydrogens (tertiary/aromatic N) is 3. The monoisotopic (exact) mass is 353 g/mol. The summed E-state index contributed by atoms with van der Waals surface area (Å²) in [5.74, 6) is -0.161. The van der Waals surface area contributed by atoms with Crippen molar-refractivity contribution in [3.05, 3.63) is 83.4 Å². The number of anilines is 2. The lowest BCUT2D eigenvalue weighted by atomic mass is 10.1. The van der Waals surface area contributed by atoms with E-state index in [1.807, 2.05) is 48.5 Å². The predicted octanol–water partition coefficient (Wildman–Crippen LogP) is 4.87. The third-order valence-corrected chi connectivity index (χ3v) is 5.26. The van der Waals surface area contributed by atoms with Crippen LogP contribution in [0.3, 0.4) is 0 Å². The molecule has 0 N–H and O–H groups in total. The van der Waals surface area contributed by atoms with E-state index in [0.29, 0.717) is 22.5 Å². The molecule has 0 saturated carbocycles. The SMILES string of the molecule is N#Cc1cc2c(cc1C#N)N(c1ccccc1)C(=O)c1ccccc1S2. The van der Waals surface area contributed by atoms with Crippen molar-refractivity contribution in [2.45, 2.75) is 9.79 Å². The van der Waals surface area contributed by atoms with E-state index in [2.05, 4.69) is 12.1 Å². The van der Waals surface area contributed by atoms with Crippen LogP contribution in [-0.2, 0) is 0 Å². The van der Waals surface area contributed by atoms with E-state index in [0.717, 1.165) is 9.79 Å². The van der Waals surface area contributed by atoms with E-state index < -0.39 is 0 Å². The molecule has 0 bridgehead atoms. The number of carbonyl (C=O) groups is 1. The fraction of sp³-hybridized carbons (Fsp3) is 0. The predicted molar refractivity (Wildman–Crippen MR) is 99.3 cm³/mol. The molecule has 0 aliphatic carbocycles. The summed E-state index contributed by atoms with van der Waals surface area (Å²) in [7, 11) is 0. The fourth-order valence-corrected chi connectivity index (χ4v) is 4.00. The summed E-state index contributed by atoms with van der Waals surface area (Å²) in [5.41, 5.74) is 2.47. The molecule has 0 saturated heterocycles. The number of carbonyl (C=O) groups excluding carboxylic acids is 1.